The van der Waals surface area contributed by atoms with E-state index < -0.39 is 27.3 Å². The van der Waals surface area contributed by atoms with Crippen molar-refractivity contribution in [1.82, 2.24) is 14.7 Å². The van der Waals surface area contributed by atoms with E-state index in [1.165, 1.54) is 24.3 Å². The van der Waals surface area contributed by atoms with E-state index in [1.807, 2.05) is 0 Å². The summed E-state index contributed by atoms with van der Waals surface area (Å²) in [6.45, 7) is 4.57. The van der Waals surface area contributed by atoms with Gasteiger partial charge in [0.05, 0.1) is 39.7 Å². The highest BCUT2D eigenvalue weighted by Gasteiger charge is 2.30. The molecule has 0 amide bonds. The number of nitrogens with one attached hydrogen (secondary N) is 1. The normalized spacial score (nSPS) is 12.5. The third-order valence-corrected chi connectivity index (χ3v) is 7.45. The Kier molecular flexibility index (Phi) is 7.42. The van der Waals surface area contributed by atoms with Crippen molar-refractivity contribution in [3.63, 3.8) is 0 Å². The molecule has 0 saturated heterocycles. The Morgan fingerprint density at radius 2 is 1.45 bits per heavy atom. The number of aliphatic hydroxyl groups is 1. The van der Waals surface area contributed by atoms with E-state index in [0.717, 1.165) is 12.1 Å². The van der Waals surface area contributed by atoms with Gasteiger partial charge in [0.1, 0.15) is 0 Å². The molecule has 38 heavy (non-hydrogen) atoms. The van der Waals surface area contributed by atoms with Crippen LogP contribution in [0.2, 0.25) is 0 Å². The molecule has 2 heterocycles. The minimum Gasteiger partial charge on any atom is -0.394 e. The van der Waals surface area contributed by atoms with Crippen LogP contribution in [0.5, 0.6) is 0 Å². The fraction of sp³-hybridized carbons (Fsp3) is 0.214. The summed E-state index contributed by atoms with van der Waals surface area (Å²) in [6.07, 6.45) is -4.41. The number of benzene rings is 2. The molecule has 0 saturated carbocycles. The van der Waals surface area contributed by atoms with E-state index in [4.69, 9.17) is 0 Å². The predicted molar refractivity (Wildman–Crippen MR) is 140 cm³/mol. The molecule has 4 aromatic rings. The molecule has 2 N–H and O–H groups in total. The number of hydrogen-bond acceptors (Lipinski definition) is 5. The van der Waals surface area contributed by atoms with Crippen LogP contribution in [0.3, 0.4) is 0 Å². The standard InChI is InChI=1S/C28H26F3N3O3S/c1-18-14-21(19-10-12-22(13-11-19)28(29,30)31)16-26(32-18)25-9-5-8-24(33-25)20-6-4-7-23(15-20)38(36,37)34-27(2,3)17-35/h4-16,34-35H,17H2,1-3H3. The lowest BCUT2D eigenvalue weighted by molar-refractivity contribution is -0.137. The molecule has 4 rings (SSSR count). The van der Waals surface area contributed by atoms with E-state index >= 15 is 0 Å². The summed E-state index contributed by atoms with van der Waals surface area (Å²) in [5, 5.41) is 9.44. The number of nitrogens with zero attached hydrogens (tertiary/aromatic N) is 2. The number of alkyl halides is 3. The Bertz CT molecular complexity index is 1570. The van der Waals surface area contributed by atoms with Crippen LogP contribution in [-0.2, 0) is 16.2 Å². The van der Waals surface area contributed by atoms with Gasteiger partial charge in [0.15, 0.2) is 0 Å². The molecule has 0 spiro atoms. The van der Waals surface area contributed by atoms with Crippen molar-refractivity contribution in [3.8, 4) is 33.8 Å². The third-order valence-electron chi connectivity index (χ3n) is 5.76. The van der Waals surface area contributed by atoms with Crippen LogP contribution in [0.25, 0.3) is 33.8 Å². The Balaban J connectivity index is 1.69. The second kappa shape index (κ2) is 10.3. The summed E-state index contributed by atoms with van der Waals surface area (Å²) in [6, 6.07) is 20.0. The Hall–Kier alpha value is -3.60. The molecule has 0 atom stereocenters. The minimum atomic E-state index is -4.41. The molecule has 0 fully saturated rings. The van der Waals surface area contributed by atoms with Crippen molar-refractivity contribution >= 4 is 10.0 Å². The first-order valence-corrected chi connectivity index (χ1v) is 13.1. The molecule has 0 unspecified atom stereocenters. The molecule has 0 aliphatic heterocycles. The summed E-state index contributed by atoms with van der Waals surface area (Å²) in [5.74, 6) is 0. The summed E-state index contributed by atoms with van der Waals surface area (Å²) in [5.41, 5.74) is 2.33. The van der Waals surface area contributed by atoms with Crippen LogP contribution in [0, 0.1) is 6.92 Å². The van der Waals surface area contributed by atoms with Crippen molar-refractivity contribution in [2.24, 2.45) is 0 Å². The minimum absolute atomic E-state index is 0.0296. The van der Waals surface area contributed by atoms with E-state index in [0.29, 0.717) is 39.5 Å². The van der Waals surface area contributed by atoms with Crippen molar-refractivity contribution in [2.75, 3.05) is 6.61 Å². The van der Waals surface area contributed by atoms with Gasteiger partial charge in [-0.3, -0.25) is 4.98 Å². The molecule has 0 radical (unpaired) electrons. The average Bonchev–Trinajstić information content (AvgIpc) is 2.87. The van der Waals surface area contributed by atoms with E-state index in [1.54, 1.807) is 63.2 Å². The smallest absolute Gasteiger partial charge is 0.394 e. The largest absolute Gasteiger partial charge is 0.416 e. The predicted octanol–water partition coefficient (Wildman–Crippen LogP) is 5.85. The molecule has 0 aliphatic rings. The molecule has 0 bridgehead atoms. The van der Waals surface area contributed by atoms with Crippen molar-refractivity contribution in [3.05, 3.63) is 90.1 Å². The van der Waals surface area contributed by atoms with Crippen molar-refractivity contribution in [2.45, 2.75) is 37.4 Å². The molecular weight excluding hydrogens is 515 g/mol. The molecule has 2 aromatic carbocycles. The fourth-order valence-corrected chi connectivity index (χ4v) is 5.28. The van der Waals surface area contributed by atoms with Crippen LogP contribution in [0.4, 0.5) is 13.2 Å². The first-order chi connectivity index (χ1) is 17.8. The van der Waals surface area contributed by atoms with Crippen LogP contribution >= 0.6 is 0 Å². The van der Waals surface area contributed by atoms with Crippen LogP contribution in [-0.4, -0.2) is 35.6 Å². The lowest BCUT2D eigenvalue weighted by Crippen LogP contribution is -2.46. The zero-order valence-electron chi connectivity index (χ0n) is 20.9. The van der Waals surface area contributed by atoms with Gasteiger partial charge >= 0.3 is 6.18 Å². The summed E-state index contributed by atoms with van der Waals surface area (Å²) in [4.78, 5) is 9.27. The summed E-state index contributed by atoms with van der Waals surface area (Å²) >= 11 is 0. The lowest BCUT2D eigenvalue weighted by Gasteiger charge is -2.23. The lowest BCUT2D eigenvalue weighted by atomic mass is 10.0. The second-order valence-corrected chi connectivity index (χ2v) is 11.2. The number of aromatic nitrogens is 2. The zero-order chi connectivity index (χ0) is 27.7. The SMILES string of the molecule is Cc1cc(-c2ccc(C(F)(F)F)cc2)cc(-c2cccc(-c3cccc(S(=O)(=O)NC(C)(C)CO)c3)n2)n1. The number of rotatable bonds is 7. The highest BCUT2D eigenvalue weighted by Crippen LogP contribution is 2.32. The van der Waals surface area contributed by atoms with Crippen LogP contribution in [0.1, 0.15) is 25.1 Å². The fourth-order valence-electron chi connectivity index (χ4n) is 3.83. The quantitative estimate of drug-likeness (QED) is 0.306. The topological polar surface area (TPSA) is 92.2 Å². The van der Waals surface area contributed by atoms with Gasteiger partial charge in [-0.25, -0.2) is 18.1 Å². The molecule has 2 aromatic heterocycles. The maximum absolute atomic E-state index is 13.0. The van der Waals surface area contributed by atoms with Crippen LogP contribution in [0.15, 0.2) is 83.8 Å². The maximum Gasteiger partial charge on any atom is 0.416 e. The molecule has 198 valence electrons. The van der Waals surface area contributed by atoms with Crippen molar-refractivity contribution in [1.29, 1.82) is 0 Å². The second-order valence-electron chi connectivity index (χ2n) is 9.54. The van der Waals surface area contributed by atoms with Gasteiger partial charge in [0.2, 0.25) is 10.0 Å². The Morgan fingerprint density at radius 1 is 0.789 bits per heavy atom. The van der Waals surface area contributed by atoms with Gasteiger partial charge in [-0.2, -0.15) is 13.2 Å². The van der Waals surface area contributed by atoms with E-state index in [9.17, 15) is 26.7 Å². The van der Waals surface area contributed by atoms with Gasteiger partial charge in [0.25, 0.3) is 0 Å². The van der Waals surface area contributed by atoms with Gasteiger partial charge < -0.3 is 5.11 Å². The monoisotopic (exact) mass is 541 g/mol. The summed E-state index contributed by atoms with van der Waals surface area (Å²) < 4.78 is 67.1. The van der Waals surface area contributed by atoms with Gasteiger partial charge in [-0.05, 0) is 80.4 Å². The van der Waals surface area contributed by atoms with Crippen molar-refractivity contribution < 1.29 is 26.7 Å². The van der Waals surface area contributed by atoms with E-state index in [2.05, 4.69) is 14.7 Å². The number of halogens is 3. The van der Waals surface area contributed by atoms with E-state index in [-0.39, 0.29) is 11.5 Å². The third kappa shape index (κ3) is 6.27. The molecule has 10 heteroatoms. The number of sulfonamides is 1. The Labute approximate surface area is 219 Å². The van der Waals surface area contributed by atoms with Gasteiger partial charge in [-0.1, -0.05) is 30.3 Å². The number of hydrogen-bond donors (Lipinski definition) is 2. The highest BCUT2D eigenvalue weighted by molar-refractivity contribution is 7.89. The van der Waals surface area contributed by atoms with Gasteiger partial charge in [-0.15, -0.1) is 0 Å². The first-order valence-electron chi connectivity index (χ1n) is 11.7. The first kappa shape index (κ1) is 27.4. The molecule has 0 aliphatic carbocycles. The van der Waals surface area contributed by atoms with Crippen LogP contribution < -0.4 is 4.72 Å². The molecular formula is C28H26F3N3O3S. The maximum atomic E-state index is 13.0. The number of aryl methyl sites for hydroxylation is 1. The molecule has 6 nitrogen and oxygen atoms in total. The number of aliphatic hydroxyl groups excluding tert-OH is 1. The average molecular weight is 542 g/mol. The highest BCUT2D eigenvalue weighted by atomic mass is 32.2. The van der Waals surface area contributed by atoms with Gasteiger partial charge in [0, 0.05) is 11.3 Å². The number of pyridine rings is 2. The summed E-state index contributed by atoms with van der Waals surface area (Å²) in [7, 11) is -3.90. The zero-order valence-corrected chi connectivity index (χ0v) is 21.7. The Morgan fingerprint density at radius 3 is 2.11 bits per heavy atom.